The van der Waals surface area contributed by atoms with E-state index in [2.05, 4.69) is 0 Å². The lowest BCUT2D eigenvalue weighted by Gasteiger charge is -2.10. The zero-order chi connectivity index (χ0) is 9.14. The molecule has 0 amide bonds. The van der Waals surface area contributed by atoms with Gasteiger partial charge in [-0.2, -0.15) is 0 Å². The number of phenols is 2. The molecule has 1 aromatic carbocycles. The summed E-state index contributed by atoms with van der Waals surface area (Å²) in [6.45, 7) is 0.233. The highest BCUT2D eigenvalue weighted by Crippen LogP contribution is 2.25. The summed E-state index contributed by atoms with van der Waals surface area (Å²) in [4.78, 5) is 0. The van der Waals surface area contributed by atoms with Crippen LogP contribution in [0.2, 0.25) is 0 Å². The standard InChI is InChI=1S/C8H12N2O2/c9-4-7(10)6-3-5(11)1-2-8(6)12/h1-3,7,11-12H,4,9-10H2. The largest absolute Gasteiger partial charge is 0.508 e. The Kier molecular flexibility index (Phi) is 2.52. The van der Waals surface area contributed by atoms with Gasteiger partial charge in [0.25, 0.3) is 0 Å². The van der Waals surface area contributed by atoms with Gasteiger partial charge in [0.1, 0.15) is 11.5 Å². The summed E-state index contributed by atoms with van der Waals surface area (Å²) >= 11 is 0. The minimum atomic E-state index is -0.433. The summed E-state index contributed by atoms with van der Waals surface area (Å²) in [5.41, 5.74) is 11.3. The van der Waals surface area contributed by atoms with Crippen LogP contribution in [0, 0.1) is 0 Å². The molecule has 66 valence electrons. The number of rotatable bonds is 2. The molecule has 4 nitrogen and oxygen atoms in total. The minimum Gasteiger partial charge on any atom is -0.508 e. The van der Waals surface area contributed by atoms with Crippen molar-refractivity contribution in [2.24, 2.45) is 11.5 Å². The van der Waals surface area contributed by atoms with E-state index >= 15 is 0 Å². The smallest absolute Gasteiger partial charge is 0.120 e. The zero-order valence-electron chi connectivity index (χ0n) is 6.57. The Labute approximate surface area is 70.4 Å². The summed E-state index contributed by atoms with van der Waals surface area (Å²) in [7, 11) is 0. The molecule has 12 heavy (non-hydrogen) atoms. The molecule has 0 saturated carbocycles. The lowest BCUT2D eigenvalue weighted by Crippen LogP contribution is -2.20. The van der Waals surface area contributed by atoms with E-state index < -0.39 is 6.04 Å². The highest BCUT2D eigenvalue weighted by atomic mass is 16.3. The van der Waals surface area contributed by atoms with Crippen molar-refractivity contribution in [3.05, 3.63) is 23.8 Å². The van der Waals surface area contributed by atoms with Crippen molar-refractivity contribution < 1.29 is 10.2 Å². The average Bonchev–Trinajstić information content (AvgIpc) is 2.08. The van der Waals surface area contributed by atoms with Crippen LogP contribution in [0.3, 0.4) is 0 Å². The van der Waals surface area contributed by atoms with Crippen LogP contribution in [0.4, 0.5) is 0 Å². The molecule has 0 bridgehead atoms. The maximum atomic E-state index is 9.29. The van der Waals surface area contributed by atoms with Gasteiger partial charge in [-0.15, -0.1) is 0 Å². The molecule has 1 unspecified atom stereocenters. The molecule has 1 aromatic rings. The third kappa shape index (κ3) is 1.66. The van der Waals surface area contributed by atoms with Crippen LogP contribution in [0.15, 0.2) is 18.2 Å². The second-order valence-corrected chi connectivity index (χ2v) is 2.59. The molecule has 0 fully saturated rings. The fourth-order valence-electron chi connectivity index (χ4n) is 0.966. The van der Waals surface area contributed by atoms with Crippen LogP contribution in [-0.2, 0) is 0 Å². The van der Waals surface area contributed by atoms with E-state index in [0.29, 0.717) is 5.56 Å². The molecule has 1 rings (SSSR count). The highest BCUT2D eigenvalue weighted by Gasteiger charge is 2.09. The third-order valence-electron chi connectivity index (χ3n) is 1.66. The Morgan fingerprint density at radius 1 is 1.33 bits per heavy atom. The summed E-state index contributed by atoms with van der Waals surface area (Å²) in [5, 5.41) is 18.4. The SMILES string of the molecule is NCC(N)c1cc(O)ccc1O. The van der Waals surface area contributed by atoms with Crippen LogP contribution in [0.5, 0.6) is 11.5 Å². The number of benzene rings is 1. The van der Waals surface area contributed by atoms with Gasteiger partial charge in [0.05, 0.1) is 0 Å². The van der Waals surface area contributed by atoms with Gasteiger partial charge in [-0.25, -0.2) is 0 Å². The van der Waals surface area contributed by atoms with E-state index in [0.717, 1.165) is 0 Å². The average molecular weight is 168 g/mol. The second-order valence-electron chi connectivity index (χ2n) is 2.59. The number of hydrogen-bond acceptors (Lipinski definition) is 4. The lowest BCUT2D eigenvalue weighted by atomic mass is 10.1. The first kappa shape index (κ1) is 8.83. The summed E-state index contributed by atoms with van der Waals surface area (Å²) < 4.78 is 0. The van der Waals surface area contributed by atoms with Gasteiger partial charge in [-0.3, -0.25) is 0 Å². The van der Waals surface area contributed by atoms with Crippen LogP contribution in [-0.4, -0.2) is 16.8 Å². The monoisotopic (exact) mass is 168 g/mol. The fraction of sp³-hybridized carbons (Fsp3) is 0.250. The van der Waals surface area contributed by atoms with E-state index in [1.807, 2.05) is 0 Å². The molecule has 0 saturated heterocycles. The molecule has 0 aromatic heterocycles. The number of hydrogen-bond donors (Lipinski definition) is 4. The Balaban J connectivity index is 3.04. The second kappa shape index (κ2) is 3.42. The van der Waals surface area contributed by atoms with E-state index in [1.165, 1.54) is 18.2 Å². The van der Waals surface area contributed by atoms with E-state index in [1.54, 1.807) is 0 Å². The molecular weight excluding hydrogens is 156 g/mol. The van der Waals surface area contributed by atoms with Crippen molar-refractivity contribution in [2.75, 3.05) is 6.54 Å². The van der Waals surface area contributed by atoms with Gasteiger partial charge in [-0.05, 0) is 18.2 Å². The molecule has 0 aliphatic rings. The molecule has 6 N–H and O–H groups in total. The first-order valence-electron chi connectivity index (χ1n) is 3.62. The summed E-state index contributed by atoms with van der Waals surface area (Å²) in [6, 6.07) is 3.76. The van der Waals surface area contributed by atoms with Crippen molar-refractivity contribution in [1.82, 2.24) is 0 Å². The van der Waals surface area contributed by atoms with Gasteiger partial charge in [0.15, 0.2) is 0 Å². The van der Waals surface area contributed by atoms with Gasteiger partial charge in [-0.1, -0.05) is 0 Å². The zero-order valence-corrected chi connectivity index (χ0v) is 6.57. The van der Waals surface area contributed by atoms with E-state index in [-0.39, 0.29) is 18.0 Å². The maximum absolute atomic E-state index is 9.29. The maximum Gasteiger partial charge on any atom is 0.120 e. The molecule has 0 spiro atoms. The Morgan fingerprint density at radius 3 is 2.58 bits per heavy atom. The van der Waals surface area contributed by atoms with Crippen LogP contribution < -0.4 is 11.5 Å². The predicted molar refractivity (Wildman–Crippen MR) is 45.8 cm³/mol. The summed E-state index contributed by atoms with van der Waals surface area (Å²) in [5.74, 6) is 0.137. The molecule has 0 aliphatic carbocycles. The topological polar surface area (TPSA) is 92.5 Å². The van der Waals surface area contributed by atoms with E-state index in [4.69, 9.17) is 16.6 Å². The van der Waals surface area contributed by atoms with Crippen molar-refractivity contribution >= 4 is 0 Å². The van der Waals surface area contributed by atoms with Crippen LogP contribution in [0.25, 0.3) is 0 Å². The Bertz CT molecular complexity index is 276. The lowest BCUT2D eigenvalue weighted by molar-refractivity contribution is 0.449. The van der Waals surface area contributed by atoms with Crippen molar-refractivity contribution in [2.45, 2.75) is 6.04 Å². The number of nitrogens with two attached hydrogens (primary N) is 2. The molecular formula is C8H12N2O2. The van der Waals surface area contributed by atoms with Crippen molar-refractivity contribution in [1.29, 1.82) is 0 Å². The van der Waals surface area contributed by atoms with Crippen molar-refractivity contribution in [3.63, 3.8) is 0 Å². The van der Waals surface area contributed by atoms with Gasteiger partial charge >= 0.3 is 0 Å². The van der Waals surface area contributed by atoms with Gasteiger partial charge in [0.2, 0.25) is 0 Å². The van der Waals surface area contributed by atoms with Gasteiger partial charge in [0, 0.05) is 18.2 Å². The fourth-order valence-corrected chi connectivity index (χ4v) is 0.966. The number of phenolic OH excluding ortho intramolecular Hbond substituents is 2. The number of aromatic hydroxyl groups is 2. The van der Waals surface area contributed by atoms with Gasteiger partial charge < -0.3 is 21.7 Å². The predicted octanol–water partition coefficient (Wildman–Crippen LogP) is 0.0563. The molecule has 1 atom stereocenters. The molecule has 0 aliphatic heterocycles. The normalized spacial score (nSPS) is 12.8. The Hall–Kier alpha value is -1.26. The third-order valence-corrected chi connectivity index (χ3v) is 1.66. The molecule has 0 heterocycles. The first-order chi connectivity index (χ1) is 5.65. The molecule has 0 radical (unpaired) electrons. The first-order valence-corrected chi connectivity index (χ1v) is 3.62. The Morgan fingerprint density at radius 2 is 2.00 bits per heavy atom. The van der Waals surface area contributed by atoms with Crippen LogP contribution >= 0.6 is 0 Å². The molecule has 4 heteroatoms. The summed E-state index contributed by atoms with van der Waals surface area (Å²) in [6.07, 6.45) is 0. The van der Waals surface area contributed by atoms with Crippen molar-refractivity contribution in [3.8, 4) is 11.5 Å². The quantitative estimate of drug-likeness (QED) is 0.470. The minimum absolute atomic E-state index is 0.0609. The van der Waals surface area contributed by atoms with E-state index in [9.17, 15) is 5.11 Å². The van der Waals surface area contributed by atoms with Crippen LogP contribution in [0.1, 0.15) is 11.6 Å². The highest BCUT2D eigenvalue weighted by molar-refractivity contribution is 5.40.